The average molecular weight is 245 g/mol. The number of hydrogen-bond donors (Lipinski definition) is 1. The minimum Gasteiger partial charge on any atom is -0.415 e. The van der Waals surface area contributed by atoms with Crippen molar-refractivity contribution in [3.8, 4) is 0 Å². The maximum absolute atomic E-state index is 11.2. The first-order valence-electron chi connectivity index (χ1n) is 6.11. The largest absolute Gasteiger partial charge is 0.415 e. The first-order valence-corrected chi connectivity index (χ1v) is 9.02. The van der Waals surface area contributed by atoms with E-state index in [9.17, 15) is 4.79 Å². The Morgan fingerprint density at radius 1 is 1.31 bits per heavy atom. The summed E-state index contributed by atoms with van der Waals surface area (Å²) in [4.78, 5) is 11.2. The van der Waals surface area contributed by atoms with Gasteiger partial charge in [-0.05, 0) is 24.6 Å². The molecule has 0 aromatic carbocycles. The van der Waals surface area contributed by atoms with Gasteiger partial charge >= 0.3 is 0 Å². The summed E-state index contributed by atoms with van der Waals surface area (Å²) >= 11 is 0. The van der Waals surface area contributed by atoms with E-state index in [-0.39, 0.29) is 10.9 Å². The smallest absolute Gasteiger partial charge is 0.220 e. The Balaban J connectivity index is 3.78. The second kappa shape index (κ2) is 6.40. The van der Waals surface area contributed by atoms with Gasteiger partial charge in [0.2, 0.25) is 5.91 Å². The van der Waals surface area contributed by atoms with Gasteiger partial charge < -0.3 is 9.74 Å². The first kappa shape index (κ1) is 15.6. The summed E-state index contributed by atoms with van der Waals surface area (Å²) in [5.74, 6) is 0.126. The van der Waals surface area contributed by atoms with Gasteiger partial charge in [0.15, 0.2) is 8.32 Å². The number of amides is 1. The zero-order chi connectivity index (χ0) is 12.8. The van der Waals surface area contributed by atoms with E-state index in [1.807, 2.05) is 6.92 Å². The molecule has 0 radical (unpaired) electrons. The molecule has 0 saturated carbocycles. The van der Waals surface area contributed by atoms with E-state index in [2.05, 4.69) is 39.2 Å². The number of carbonyl (C=O) groups is 1. The van der Waals surface area contributed by atoms with Crippen molar-refractivity contribution in [1.82, 2.24) is 5.32 Å². The summed E-state index contributed by atoms with van der Waals surface area (Å²) < 4.78 is 5.95. The molecule has 0 rings (SSSR count). The van der Waals surface area contributed by atoms with Gasteiger partial charge in [-0.2, -0.15) is 0 Å². The Morgan fingerprint density at radius 3 is 2.31 bits per heavy atom. The van der Waals surface area contributed by atoms with Crippen molar-refractivity contribution in [3.05, 3.63) is 0 Å². The van der Waals surface area contributed by atoms with Crippen LogP contribution in [-0.4, -0.2) is 27.4 Å². The highest BCUT2D eigenvalue weighted by molar-refractivity contribution is 6.74. The van der Waals surface area contributed by atoms with Gasteiger partial charge in [-0.1, -0.05) is 27.7 Å². The van der Waals surface area contributed by atoms with E-state index in [1.54, 1.807) is 0 Å². The third-order valence-corrected chi connectivity index (χ3v) is 7.71. The molecule has 0 bridgehead atoms. The quantitative estimate of drug-likeness (QED) is 0.577. The zero-order valence-electron chi connectivity index (χ0n) is 11.6. The molecule has 0 aliphatic carbocycles. The van der Waals surface area contributed by atoms with Gasteiger partial charge in [-0.25, -0.2) is 0 Å². The number of hydrogen-bond acceptors (Lipinski definition) is 2. The van der Waals surface area contributed by atoms with Crippen molar-refractivity contribution in [2.45, 2.75) is 58.7 Å². The highest BCUT2D eigenvalue weighted by atomic mass is 28.4. The third kappa shape index (κ3) is 5.65. The summed E-state index contributed by atoms with van der Waals surface area (Å²) in [6.07, 6.45) is 1.51. The van der Waals surface area contributed by atoms with Crippen LogP contribution in [0.2, 0.25) is 18.1 Å². The molecular weight excluding hydrogens is 218 g/mol. The van der Waals surface area contributed by atoms with E-state index >= 15 is 0 Å². The molecule has 0 atom stereocenters. The van der Waals surface area contributed by atoms with E-state index in [0.29, 0.717) is 19.6 Å². The molecule has 16 heavy (non-hydrogen) atoms. The van der Waals surface area contributed by atoms with Crippen molar-refractivity contribution in [1.29, 1.82) is 0 Å². The van der Waals surface area contributed by atoms with Crippen LogP contribution in [0, 0.1) is 0 Å². The molecule has 0 aliphatic rings. The van der Waals surface area contributed by atoms with Crippen LogP contribution in [-0.2, 0) is 9.22 Å². The standard InChI is InChI=1S/C12H27NO2Si/c1-7-8-11(14)13-9-10-15-16(5,6)12(2,3)4/h7-10H2,1-6H3,(H,13,14). The summed E-state index contributed by atoms with van der Waals surface area (Å²) in [5.41, 5.74) is 0. The van der Waals surface area contributed by atoms with Crippen molar-refractivity contribution < 1.29 is 9.22 Å². The molecule has 0 aliphatic heterocycles. The summed E-state index contributed by atoms with van der Waals surface area (Å²) in [7, 11) is -1.65. The highest BCUT2D eigenvalue weighted by Gasteiger charge is 2.36. The second-order valence-electron chi connectivity index (χ2n) is 5.71. The third-order valence-electron chi connectivity index (χ3n) is 3.17. The lowest BCUT2D eigenvalue weighted by molar-refractivity contribution is -0.121. The van der Waals surface area contributed by atoms with Crippen molar-refractivity contribution in [2.75, 3.05) is 13.2 Å². The van der Waals surface area contributed by atoms with Crippen molar-refractivity contribution in [3.63, 3.8) is 0 Å². The van der Waals surface area contributed by atoms with Gasteiger partial charge in [0, 0.05) is 13.0 Å². The SMILES string of the molecule is CCCC(=O)NCCO[Si](C)(C)C(C)(C)C. The van der Waals surface area contributed by atoms with Crippen LogP contribution in [0.15, 0.2) is 0 Å². The zero-order valence-corrected chi connectivity index (χ0v) is 12.6. The molecule has 0 spiro atoms. The predicted octanol–water partition coefficient (Wildman–Crippen LogP) is 2.92. The Bertz CT molecular complexity index is 222. The molecular formula is C12H27NO2Si. The Kier molecular flexibility index (Phi) is 6.26. The van der Waals surface area contributed by atoms with Crippen molar-refractivity contribution in [2.24, 2.45) is 0 Å². The lowest BCUT2D eigenvalue weighted by Gasteiger charge is -2.36. The molecule has 4 heteroatoms. The Labute approximate surface area is 101 Å². The fourth-order valence-corrected chi connectivity index (χ4v) is 2.07. The van der Waals surface area contributed by atoms with Gasteiger partial charge in [0.05, 0.1) is 6.61 Å². The topological polar surface area (TPSA) is 38.3 Å². The van der Waals surface area contributed by atoms with Crippen LogP contribution in [0.25, 0.3) is 0 Å². The summed E-state index contributed by atoms with van der Waals surface area (Å²) in [6, 6.07) is 0. The highest BCUT2D eigenvalue weighted by Crippen LogP contribution is 2.36. The predicted molar refractivity (Wildman–Crippen MR) is 71.1 cm³/mol. The number of carbonyl (C=O) groups excluding carboxylic acids is 1. The summed E-state index contributed by atoms with van der Waals surface area (Å²) in [5, 5.41) is 3.10. The Hall–Kier alpha value is -0.353. The molecule has 0 unspecified atom stereocenters. The monoisotopic (exact) mass is 245 g/mol. The van der Waals surface area contributed by atoms with Crippen LogP contribution >= 0.6 is 0 Å². The molecule has 0 aromatic heterocycles. The first-order chi connectivity index (χ1) is 7.20. The lowest BCUT2D eigenvalue weighted by atomic mass is 10.2. The minimum atomic E-state index is -1.65. The summed E-state index contributed by atoms with van der Waals surface area (Å²) in [6.45, 7) is 14.4. The van der Waals surface area contributed by atoms with E-state index < -0.39 is 8.32 Å². The van der Waals surface area contributed by atoms with Crippen LogP contribution < -0.4 is 5.32 Å². The fourth-order valence-electron chi connectivity index (χ4n) is 1.03. The van der Waals surface area contributed by atoms with Gasteiger partial charge in [-0.15, -0.1) is 0 Å². The molecule has 0 fully saturated rings. The maximum Gasteiger partial charge on any atom is 0.220 e. The van der Waals surface area contributed by atoms with Crippen molar-refractivity contribution >= 4 is 14.2 Å². The van der Waals surface area contributed by atoms with Crippen LogP contribution in [0.3, 0.4) is 0 Å². The number of rotatable bonds is 6. The normalized spacial score (nSPS) is 12.6. The molecule has 0 aromatic rings. The van der Waals surface area contributed by atoms with E-state index in [0.717, 1.165) is 6.42 Å². The van der Waals surface area contributed by atoms with Gasteiger partial charge in [0.25, 0.3) is 0 Å². The lowest BCUT2D eigenvalue weighted by Crippen LogP contribution is -2.42. The molecule has 0 heterocycles. The fraction of sp³-hybridized carbons (Fsp3) is 0.917. The molecule has 1 amide bonds. The van der Waals surface area contributed by atoms with E-state index in [1.165, 1.54) is 0 Å². The molecule has 96 valence electrons. The Morgan fingerprint density at radius 2 is 1.88 bits per heavy atom. The number of nitrogens with one attached hydrogen (secondary N) is 1. The second-order valence-corrected chi connectivity index (χ2v) is 10.5. The van der Waals surface area contributed by atoms with Crippen LogP contribution in [0.4, 0.5) is 0 Å². The molecule has 0 saturated heterocycles. The molecule has 3 nitrogen and oxygen atoms in total. The average Bonchev–Trinajstić information content (AvgIpc) is 2.11. The van der Waals surface area contributed by atoms with E-state index in [4.69, 9.17) is 4.43 Å². The minimum absolute atomic E-state index is 0.126. The van der Waals surface area contributed by atoms with Crippen LogP contribution in [0.5, 0.6) is 0 Å². The molecule has 1 N–H and O–H groups in total. The van der Waals surface area contributed by atoms with Gasteiger partial charge in [0.1, 0.15) is 0 Å². The van der Waals surface area contributed by atoms with Crippen LogP contribution in [0.1, 0.15) is 40.5 Å². The van der Waals surface area contributed by atoms with Gasteiger partial charge in [-0.3, -0.25) is 4.79 Å². The maximum atomic E-state index is 11.2.